The smallest absolute Gasteiger partial charge is 0.255 e. The molecule has 0 bridgehead atoms. The Labute approximate surface area is 169 Å². The lowest BCUT2D eigenvalue weighted by atomic mass is 10.1. The van der Waals surface area contributed by atoms with Crippen LogP contribution in [0.4, 0.5) is 0 Å². The monoisotopic (exact) mass is 398 g/mol. The Morgan fingerprint density at radius 1 is 1.07 bits per heavy atom. The summed E-state index contributed by atoms with van der Waals surface area (Å²) >= 11 is 0. The third kappa shape index (κ3) is 3.96. The molecule has 0 spiro atoms. The number of rotatable bonds is 5. The van der Waals surface area contributed by atoms with E-state index < -0.39 is 0 Å². The Kier molecular flexibility index (Phi) is 5.37. The number of ether oxygens (including phenoxy) is 3. The van der Waals surface area contributed by atoms with Gasteiger partial charge < -0.3 is 24.5 Å². The molecule has 2 N–H and O–H groups in total. The normalized spacial score (nSPS) is 11.4. The Morgan fingerprint density at radius 3 is 2.21 bits per heavy atom. The Bertz CT molecular complexity index is 1040. The van der Waals surface area contributed by atoms with Crippen LogP contribution in [-0.4, -0.2) is 47.7 Å². The van der Waals surface area contributed by atoms with Gasteiger partial charge in [-0.25, -0.2) is 9.97 Å². The van der Waals surface area contributed by atoms with Crippen molar-refractivity contribution in [2.24, 2.45) is 0 Å². The number of hydrogen-bond acceptors (Lipinski definition) is 6. The molecule has 2 heterocycles. The molecule has 0 aliphatic rings. The first-order chi connectivity index (χ1) is 13.7. The highest BCUT2D eigenvalue weighted by atomic mass is 16.5. The van der Waals surface area contributed by atoms with E-state index in [1.165, 1.54) is 0 Å². The number of amides is 1. The molecule has 8 nitrogen and oxygen atoms in total. The first kappa shape index (κ1) is 20.4. The Balaban J connectivity index is 2.15. The summed E-state index contributed by atoms with van der Waals surface area (Å²) in [5.41, 5.74) is 3.21. The van der Waals surface area contributed by atoms with Gasteiger partial charge in [-0.1, -0.05) is 0 Å². The van der Waals surface area contributed by atoms with Crippen LogP contribution in [0.3, 0.4) is 0 Å². The number of aromatic nitrogens is 3. The van der Waals surface area contributed by atoms with Crippen molar-refractivity contribution in [1.29, 1.82) is 0 Å². The number of carbonyl (C=O) groups is 1. The lowest BCUT2D eigenvalue weighted by Gasteiger charge is -2.20. The second-order valence-electron chi connectivity index (χ2n) is 7.70. The predicted octanol–water partition coefficient (Wildman–Crippen LogP) is 3.49. The van der Waals surface area contributed by atoms with Gasteiger partial charge in [0.05, 0.1) is 38.8 Å². The number of carbonyl (C=O) groups excluding carboxylic acids is 1. The second kappa shape index (κ2) is 7.62. The van der Waals surface area contributed by atoms with E-state index in [-0.39, 0.29) is 11.4 Å². The van der Waals surface area contributed by atoms with Gasteiger partial charge in [-0.3, -0.25) is 4.79 Å². The van der Waals surface area contributed by atoms with E-state index in [1.54, 1.807) is 39.7 Å². The van der Waals surface area contributed by atoms with Gasteiger partial charge >= 0.3 is 0 Å². The minimum absolute atomic E-state index is 0.197. The van der Waals surface area contributed by atoms with Gasteiger partial charge in [-0.15, -0.1) is 0 Å². The topological polar surface area (TPSA) is 98.4 Å². The molecule has 154 valence electrons. The minimum atomic E-state index is -0.366. The molecule has 1 aromatic carbocycles. The van der Waals surface area contributed by atoms with Crippen molar-refractivity contribution >= 4 is 17.1 Å². The molecule has 0 aliphatic heterocycles. The van der Waals surface area contributed by atoms with Crippen LogP contribution < -0.4 is 19.5 Å². The Morgan fingerprint density at radius 2 is 1.69 bits per heavy atom. The molecule has 29 heavy (non-hydrogen) atoms. The first-order valence-corrected chi connectivity index (χ1v) is 9.16. The fourth-order valence-electron chi connectivity index (χ4n) is 3.12. The molecular weight excluding hydrogens is 372 g/mol. The highest BCUT2D eigenvalue weighted by molar-refractivity contribution is 6.06. The van der Waals surface area contributed by atoms with Crippen molar-refractivity contribution in [2.75, 3.05) is 21.3 Å². The van der Waals surface area contributed by atoms with Crippen LogP contribution in [0.25, 0.3) is 22.4 Å². The molecule has 2 aromatic heterocycles. The molecule has 0 saturated carbocycles. The molecular formula is C21H26N4O4. The van der Waals surface area contributed by atoms with Crippen molar-refractivity contribution in [2.45, 2.75) is 33.2 Å². The highest BCUT2D eigenvalue weighted by Crippen LogP contribution is 2.41. The number of fused-ring (bicyclic) bond motifs is 1. The van der Waals surface area contributed by atoms with Crippen LogP contribution in [0.5, 0.6) is 17.2 Å². The largest absolute Gasteiger partial charge is 0.493 e. The number of hydrogen-bond donors (Lipinski definition) is 2. The SMILES string of the molecule is COc1cc(-c2cnc3[nH]c(C)c(C(=O)NC(C)(C)C)c3n2)cc(OC)c1OC. The average molecular weight is 398 g/mol. The molecule has 0 aliphatic carbocycles. The number of aromatic amines is 1. The van der Waals surface area contributed by atoms with Crippen molar-refractivity contribution in [3.8, 4) is 28.5 Å². The maximum atomic E-state index is 12.8. The van der Waals surface area contributed by atoms with Crippen LogP contribution in [0.1, 0.15) is 36.8 Å². The van der Waals surface area contributed by atoms with E-state index in [1.807, 2.05) is 27.7 Å². The third-order valence-electron chi connectivity index (χ3n) is 4.37. The third-order valence-corrected chi connectivity index (χ3v) is 4.37. The molecule has 0 fully saturated rings. The zero-order valence-corrected chi connectivity index (χ0v) is 17.8. The first-order valence-electron chi connectivity index (χ1n) is 9.16. The second-order valence-corrected chi connectivity index (χ2v) is 7.70. The molecule has 1 amide bonds. The van der Waals surface area contributed by atoms with Crippen molar-refractivity contribution < 1.29 is 19.0 Å². The lowest BCUT2D eigenvalue weighted by molar-refractivity contribution is 0.0920. The summed E-state index contributed by atoms with van der Waals surface area (Å²) in [7, 11) is 4.66. The summed E-state index contributed by atoms with van der Waals surface area (Å²) in [6.07, 6.45) is 1.64. The van der Waals surface area contributed by atoms with Gasteiger partial charge in [0.2, 0.25) is 5.75 Å². The summed E-state index contributed by atoms with van der Waals surface area (Å²) in [6.45, 7) is 7.63. The van der Waals surface area contributed by atoms with Crippen LogP contribution >= 0.6 is 0 Å². The zero-order valence-electron chi connectivity index (χ0n) is 17.8. The molecule has 0 atom stereocenters. The van der Waals surface area contributed by atoms with Gasteiger partial charge in [0.15, 0.2) is 17.1 Å². The Hall–Kier alpha value is -3.29. The van der Waals surface area contributed by atoms with E-state index in [4.69, 9.17) is 19.2 Å². The van der Waals surface area contributed by atoms with Crippen LogP contribution in [-0.2, 0) is 0 Å². The quantitative estimate of drug-likeness (QED) is 0.683. The van der Waals surface area contributed by atoms with Gasteiger partial charge in [0.25, 0.3) is 5.91 Å². The van der Waals surface area contributed by atoms with E-state index in [9.17, 15) is 4.79 Å². The molecule has 8 heteroatoms. The standard InChI is InChI=1S/C21H26N4O4/c1-11-16(20(26)25-21(2,3)4)17-19(23-11)22-10-13(24-17)12-8-14(27-5)18(29-7)15(9-12)28-6/h8-10H,1-7H3,(H,22,23)(H,25,26). The van der Waals surface area contributed by atoms with E-state index in [0.717, 1.165) is 5.56 Å². The fourth-order valence-corrected chi connectivity index (χ4v) is 3.12. The predicted molar refractivity (Wildman–Crippen MR) is 111 cm³/mol. The lowest BCUT2D eigenvalue weighted by Crippen LogP contribution is -2.40. The summed E-state index contributed by atoms with van der Waals surface area (Å²) < 4.78 is 16.2. The molecule has 0 radical (unpaired) electrons. The number of methoxy groups -OCH3 is 3. The van der Waals surface area contributed by atoms with Gasteiger partial charge in [0.1, 0.15) is 5.52 Å². The van der Waals surface area contributed by atoms with Crippen molar-refractivity contribution in [3.05, 3.63) is 29.6 Å². The minimum Gasteiger partial charge on any atom is -0.493 e. The number of nitrogens with zero attached hydrogens (tertiary/aromatic N) is 2. The van der Waals surface area contributed by atoms with E-state index >= 15 is 0 Å². The van der Waals surface area contributed by atoms with E-state index in [0.29, 0.717) is 45.4 Å². The molecule has 0 unspecified atom stereocenters. The summed E-state index contributed by atoms with van der Waals surface area (Å²) in [6, 6.07) is 3.59. The molecule has 3 aromatic rings. The van der Waals surface area contributed by atoms with Crippen LogP contribution in [0.15, 0.2) is 18.3 Å². The number of nitrogens with one attached hydrogen (secondary N) is 2. The van der Waals surface area contributed by atoms with Gasteiger partial charge in [-0.05, 0) is 39.8 Å². The fraction of sp³-hybridized carbons (Fsp3) is 0.381. The summed E-state index contributed by atoms with van der Waals surface area (Å²) in [5, 5.41) is 2.98. The van der Waals surface area contributed by atoms with Crippen molar-refractivity contribution in [3.63, 3.8) is 0 Å². The van der Waals surface area contributed by atoms with E-state index in [2.05, 4.69) is 15.3 Å². The summed E-state index contributed by atoms with van der Waals surface area (Å²) in [4.78, 5) is 25.1. The maximum Gasteiger partial charge on any atom is 0.255 e. The zero-order chi connectivity index (χ0) is 21.3. The number of benzene rings is 1. The van der Waals surface area contributed by atoms with Gasteiger partial charge in [0, 0.05) is 16.8 Å². The molecule has 3 rings (SSSR count). The molecule has 0 saturated heterocycles. The van der Waals surface area contributed by atoms with Gasteiger partial charge in [-0.2, -0.15) is 0 Å². The highest BCUT2D eigenvalue weighted by Gasteiger charge is 2.23. The van der Waals surface area contributed by atoms with Crippen LogP contribution in [0.2, 0.25) is 0 Å². The summed E-state index contributed by atoms with van der Waals surface area (Å²) in [5.74, 6) is 1.33. The maximum absolute atomic E-state index is 12.8. The number of aryl methyl sites for hydroxylation is 1. The van der Waals surface area contributed by atoms with Crippen LogP contribution in [0, 0.1) is 6.92 Å². The number of H-pyrrole nitrogens is 1. The average Bonchev–Trinajstić information content (AvgIpc) is 3.00. The van der Waals surface area contributed by atoms with Crippen molar-refractivity contribution in [1.82, 2.24) is 20.3 Å².